The molecular weight excluding hydrogens is 374 g/mol. The van der Waals surface area contributed by atoms with E-state index in [-0.39, 0.29) is 0 Å². The highest BCUT2D eigenvalue weighted by molar-refractivity contribution is 6.06. The quantitative estimate of drug-likeness (QED) is 0.465. The number of aromatic nitrogens is 4. The minimum absolute atomic E-state index is 0.315. The summed E-state index contributed by atoms with van der Waals surface area (Å²) in [5.41, 5.74) is 6.67. The Morgan fingerprint density at radius 2 is 1.83 bits per heavy atom. The molecule has 1 aliphatic heterocycles. The summed E-state index contributed by atoms with van der Waals surface area (Å²) in [6, 6.07) is 14.8. The van der Waals surface area contributed by atoms with Crippen molar-refractivity contribution in [1.29, 1.82) is 10.8 Å². The lowest BCUT2D eigenvalue weighted by Crippen LogP contribution is -2.36. The first kappa shape index (κ1) is 18.7. The van der Waals surface area contributed by atoms with E-state index < -0.39 is 0 Å². The van der Waals surface area contributed by atoms with Gasteiger partial charge >= 0.3 is 0 Å². The number of hydrogen-bond acceptors (Lipinski definition) is 5. The van der Waals surface area contributed by atoms with E-state index in [4.69, 9.17) is 10.8 Å². The zero-order valence-corrected chi connectivity index (χ0v) is 17.1. The van der Waals surface area contributed by atoms with Crippen LogP contribution in [0.5, 0.6) is 0 Å². The van der Waals surface area contributed by atoms with Crippen molar-refractivity contribution in [2.75, 3.05) is 13.1 Å². The Bertz CT molecular complexity index is 1260. The van der Waals surface area contributed by atoms with Gasteiger partial charge in [-0.3, -0.25) is 9.30 Å². The molecule has 0 amide bonds. The lowest BCUT2D eigenvalue weighted by molar-refractivity contribution is 0.172. The molecule has 0 saturated carbocycles. The van der Waals surface area contributed by atoms with Crippen molar-refractivity contribution in [3.05, 3.63) is 65.1 Å². The molecule has 0 aliphatic carbocycles. The second-order valence-corrected chi connectivity index (χ2v) is 8.00. The Morgan fingerprint density at radius 1 is 1.03 bits per heavy atom. The van der Waals surface area contributed by atoms with Crippen molar-refractivity contribution >= 4 is 28.6 Å². The molecule has 152 valence electrons. The van der Waals surface area contributed by atoms with Gasteiger partial charge in [0.15, 0.2) is 5.65 Å². The van der Waals surface area contributed by atoms with Crippen molar-refractivity contribution in [3.8, 4) is 0 Å². The molecule has 4 heterocycles. The van der Waals surface area contributed by atoms with Crippen LogP contribution in [-0.4, -0.2) is 49.1 Å². The fraction of sp³-hybridized carbons (Fsp3) is 0.304. The van der Waals surface area contributed by atoms with Gasteiger partial charge < -0.3 is 15.4 Å². The molecule has 4 aromatic rings. The van der Waals surface area contributed by atoms with E-state index in [2.05, 4.69) is 50.0 Å². The van der Waals surface area contributed by atoms with Gasteiger partial charge in [-0.2, -0.15) is 0 Å². The average Bonchev–Trinajstić information content (AvgIpc) is 3.26. The van der Waals surface area contributed by atoms with E-state index in [1.807, 2.05) is 23.5 Å². The average molecular weight is 400 g/mol. The molecule has 0 radical (unpaired) electrons. The van der Waals surface area contributed by atoms with Crippen LogP contribution >= 0.6 is 0 Å². The van der Waals surface area contributed by atoms with Crippen LogP contribution in [0.1, 0.15) is 35.5 Å². The fourth-order valence-electron chi connectivity index (χ4n) is 4.28. The molecular formula is C23H25N7. The molecule has 1 saturated heterocycles. The highest BCUT2D eigenvalue weighted by Crippen LogP contribution is 2.25. The van der Waals surface area contributed by atoms with Crippen molar-refractivity contribution < 1.29 is 0 Å². The summed E-state index contributed by atoms with van der Waals surface area (Å²) in [5, 5.41) is 24.4. The number of likely N-dealkylation sites (tertiary alicyclic amines) is 1. The van der Waals surface area contributed by atoms with Gasteiger partial charge in [-0.1, -0.05) is 24.3 Å². The number of rotatable bonds is 7. The van der Waals surface area contributed by atoms with Gasteiger partial charge in [0.05, 0.1) is 22.4 Å². The molecule has 0 bridgehead atoms. The Kier molecular flexibility index (Phi) is 4.67. The van der Waals surface area contributed by atoms with Crippen molar-refractivity contribution in [2.24, 2.45) is 0 Å². The van der Waals surface area contributed by atoms with Crippen LogP contribution in [0.4, 0.5) is 0 Å². The van der Waals surface area contributed by atoms with Gasteiger partial charge in [-0.05, 0) is 55.8 Å². The maximum Gasteiger partial charge on any atom is 0.161 e. The highest BCUT2D eigenvalue weighted by Gasteiger charge is 2.17. The molecule has 0 atom stereocenters. The number of pyridine rings is 1. The van der Waals surface area contributed by atoms with Crippen LogP contribution < -0.4 is 0 Å². The van der Waals surface area contributed by atoms with Crippen molar-refractivity contribution in [2.45, 2.75) is 32.9 Å². The third-order valence-corrected chi connectivity index (χ3v) is 5.90. The summed E-state index contributed by atoms with van der Waals surface area (Å²) in [6.45, 7) is 5.99. The van der Waals surface area contributed by atoms with Crippen molar-refractivity contribution in [3.63, 3.8) is 0 Å². The molecule has 0 spiro atoms. The molecule has 7 nitrogen and oxygen atoms in total. The lowest BCUT2D eigenvalue weighted by Gasteiger charge is -2.30. The number of fused-ring (bicyclic) bond motifs is 3. The van der Waals surface area contributed by atoms with Crippen LogP contribution in [0.15, 0.2) is 42.5 Å². The summed E-state index contributed by atoms with van der Waals surface area (Å²) in [7, 11) is 0. The van der Waals surface area contributed by atoms with Crippen LogP contribution in [-0.2, 0) is 13.1 Å². The summed E-state index contributed by atoms with van der Waals surface area (Å²) < 4.78 is 4.22. The Balaban J connectivity index is 1.60. The first-order valence-corrected chi connectivity index (χ1v) is 10.3. The number of aryl methyl sites for hydroxylation is 1. The van der Waals surface area contributed by atoms with Gasteiger partial charge in [0.25, 0.3) is 0 Å². The molecule has 0 unspecified atom stereocenters. The van der Waals surface area contributed by atoms with Gasteiger partial charge in [0, 0.05) is 25.7 Å². The van der Waals surface area contributed by atoms with Gasteiger partial charge in [-0.25, -0.2) is 0 Å². The number of nitrogens with zero attached hydrogens (tertiary/aromatic N) is 5. The van der Waals surface area contributed by atoms with Gasteiger partial charge in [-0.15, -0.1) is 10.2 Å². The van der Waals surface area contributed by atoms with E-state index >= 15 is 0 Å². The largest absolute Gasteiger partial charge is 0.334 e. The molecule has 1 aromatic carbocycles. The molecule has 1 fully saturated rings. The van der Waals surface area contributed by atoms with Crippen LogP contribution in [0, 0.1) is 17.7 Å². The van der Waals surface area contributed by atoms with Gasteiger partial charge in [0.1, 0.15) is 5.82 Å². The molecule has 7 heteroatoms. The molecule has 2 N–H and O–H groups in total. The third kappa shape index (κ3) is 3.21. The van der Waals surface area contributed by atoms with E-state index in [0.717, 1.165) is 34.7 Å². The van der Waals surface area contributed by atoms with Crippen molar-refractivity contribution in [1.82, 2.24) is 24.1 Å². The predicted molar refractivity (Wildman–Crippen MR) is 119 cm³/mol. The topological polar surface area (TPSA) is 86.1 Å². The maximum absolute atomic E-state index is 8.54. The first-order chi connectivity index (χ1) is 14.6. The smallest absolute Gasteiger partial charge is 0.161 e. The van der Waals surface area contributed by atoms with E-state index in [9.17, 15) is 0 Å². The summed E-state index contributed by atoms with van der Waals surface area (Å²) in [4.78, 5) is 2.46. The monoisotopic (exact) mass is 399 g/mol. The van der Waals surface area contributed by atoms with Crippen LogP contribution in [0.25, 0.3) is 16.7 Å². The zero-order chi connectivity index (χ0) is 20.7. The molecule has 5 rings (SSSR count). The normalized spacial score (nSPS) is 14.3. The van der Waals surface area contributed by atoms with E-state index in [1.54, 1.807) is 0 Å². The van der Waals surface area contributed by atoms with Crippen LogP contribution in [0.2, 0.25) is 0 Å². The van der Waals surface area contributed by atoms with Crippen LogP contribution in [0.3, 0.4) is 0 Å². The first-order valence-electron chi connectivity index (χ1n) is 10.3. The molecule has 1 aliphatic rings. The highest BCUT2D eigenvalue weighted by atomic mass is 15.2. The maximum atomic E-state index is 8.54. The standard InChI is InChI=1S/C23H25N7/c1-16-26-27-23-7-6-20-22(30(16)23)13-21(19(25)8-9-24)29(20)15-18-5-2-4-17(12-18)14-28-10-3-11-28/h2,4-7,9,12-13,24-25H,3,8,10-11,14-15H2,1H3. The zero-order valence-electron chi connectivity index (χ0n) is 17.1. The minimum atomic E-state index is 0.315. The van der Waals surface area contributed by atoms with E-state index in [0.29, 0.717) is 18.7 Å². The molecule has 30 heavy (non-hydrogen) atoms. The number of hydrogen-bond donors (Lipinski definition) is 2. The predicted octanol–water partition coefficient (Wildman–Crippen LogP) is 3.65. The minimum Gasteiger partial charge on any atom is -0.334 e. The Hall–Kier alpha value is -3.32. The second kappa shape index (κ2) is 7.50. The number of benzene rings is 1. The van der Waals surface area contributed by atoms with Gasteiger partial charge in [0.2, 0.25) is 0 Å². The summed E-state index contributed by atoms with van der Waals surface area (Å²) in [5.74, 6) is 0.828. The SMILES string of the molecule is Cc1nnc2ccc3c(cc(C(=N)CC=N)n3Cc3cccc(CN4CCC4)c3)n12. The lowest BCUT2D eigenvalue weighted by atomic mass is 10.1. The Labute approximate surface area is 175 Å². The summed E-state index contributed by atoms with van der Waals surface area (Å²) in [6.07, 6.45) is 2.90. The summed E-state index contributed by atoms with van der Waals surface area (Å²) >= 11 is 0. The second-order valence-electron chi connectivity index (χ2n) is 8.00. The van der Waals surface area contributed by atoms with E-state index in [1.165, 1.54) is 36.9 Å². The third-order valence-electron chi connectivity index (χ3n) is 5.90. The number of nitrogens with one attached hydrogen (secondary N) is 2. The molecule has 3 aromatic heterocycles. The fourth-order valence-corrected chi connectivity index (χ4v) is 4.28. The Morgan fingerprint density at radius 3 is 2.57 bits per heavy atom.